The highest BCUT2D eigenvalue weighted by Crippen LogP contribution is 2.21. The van der Waals surface area contributed by atoms with E-state index in [2.05, 4.69) is 10.3 Å². The van der Waals surface area contributed by atoms with Crippen molar-refractivity contribution in [3.8, 4) is 0 Å². The van der Waals surface area contributed by atoms with Gasteiger partial charge >= 0.3 is 0 Å². The number of benzene rings is 1. The van der Waals surface area contributed by atoms with Crippen LogP contribution in [0, 0.1) is 6.92 Å². The fourth-order valence-corrected chi connectivity index (χ4v) is 1.65. The van der Waals surface area contributed by atoms with E-state index in [4.69, 9.17) is 4.42 Å². The highest BCUT2D eigenvalue weighted by atomic mass is 16.3. The molecule has 0 saturated heterocycles. The molecule has 5 nitrogen and oxygen atoms in total. The Kier molecular flexibility index (Phi) is 3.10. The van der Waals surface area contributed by atoms with Crippen LogP contribution in [0.1, 0.15) is 5.89 Å². The number of likely N-dealkylation sites (N-methyl/N-ethyl adjacent to an activating group) is 2. The van der Waals surface area contributed by atoms with E-state index in [1.54, 1.807) is 25.9 Å². The van der Waals surface area contributed by atoms with Crippen molar-refractivity contribution in [2.45, 2.75) is 6.92 Å². The minimum Gasteiger partial charge on any atom is -0.441 e. The summed E-state index contributed by atoms with van der Waals surface area (Å²) in [5.74, 6) is 0.633. The fourth-order valence-electron chi connectivity index (χ4n) is 1.65. The standard InChI is InChI=1S/C12H15N3O2/c1-8-14-10-6-9(4-5-11(10)17-8)15(3)12(16)7-13-2/h4-6,13H,7H2,1-3H3. The zero-order valence-corrected chi connectivity index (χ0v) is 10.2. The van der Waals surface area contributed by atoms with Crippen LogP contribution in [0.5, 0.6) is 0 Å². The lowest BCUT2D eigenvalue weighted by Crippen LogP contribution is -2.34. The first-order valence-corrected chi connectivity index (χ1v) is 5.40. The first kappa shape index (κ1) is 11.6. The third-order valence-corrected chi connectivity index (χ3v) is 2.57. The van der Waals surface area contributed by atoms with Gasteiger partial charge in [0.05, 0.1) is 6.54 Å². The van der Waals surface area contributed by atoms with E-state index in [0.29, 0.717) is 12.4 Å². The molecule has 0 aliphatic rings. The molecule has 17 heavy (non-hydrogen) atoms. The van der Waals surface area contributed by atoms with E-state index in [9.17, 15) is 4.79 Å². The van der Waals surface area contributed by atoms with Gasteiger partial charge in [0.1, 0.15) is 5.52 Å². The quantitative estimate of drug-likeness (QED) is 0.868. The molecule has 0 aliphatic heterocycles. The number of carbonyl (C=O) groups is 1. The minimum absolute atomic E-state index is 0.00654. The largest absolute Gasteiger partial charge is 0.441 e. The molecule has 0 unspecified atom stereocenters. The molecule has 0 saturated carbocycles. The molecule has 2 rings (SSSR count). The second kappa shape index (κ2) is 4.55. The summed E-state index contributed by atoms with van der Waals surface area (Å²) in [5, 5.41) is 2.83. The van der Waals surface area contributed by atoms with Crippen LogP contribution in [0.4, 0.5) is 5.69 Å². The van der Waals surface area contributed by atoms with Crippen LogP contribution < -0.4 is 10.2 Å². The van der Waals surface area contributed by atoms with E-state index in [0.717, 1.165) is 16.8 Å². The average molecular weight is 233 g/mol. The van der Waals surface area contributed by atoms with Gasteiger partial charge in [-0.2, -0.15) is 0 Å². The van der Waals surface area contributed by atoms with Crippen molar-refractivity contribution >= 4 is 22.7 Å². The Morgan fingerprint density at radius 1 is 1.53 bits per heavy atom. The summed E-state index contributed by atoms with van der Waals surface area (Å²) in [5.41, 5.74) is 2.32. The molecule has 0 atom stereocenters. The number of amides is 1. The summed E-state index contributed by atoms with van der Waals surface area (Å²) in [6.45, 7) is 2.11. The van der Waals surface area contributed by atoms with Crippen LogP contribution >= 0.6 is 0 Å². The predicted octanol–water partition coefficient (Wildman–Crippen LogP) is 1.32. The maximum Gasteiger partial charge on any atom is 0.240 e. The van der Waals surface area contributed by atoms with Gasteiger partial charge in [-0.05, 0) is 25.2 Å². The average Bonchev–Trinajstić information content (AvgIpc) is 2.67. The highest BCUT2D eigenvalue weighted by molar-refractivity contribution is 5.95. The van der Waals surface area contributed by atoms with Gasteiger partial charge in [-0.3, -0.25) is 4.79 Å². The van der Waals surface area contributed by atoms with Crippen LogP contribution in [0.2, 0.25) is 0 Å². The van der Waals surface area contributed by atoms with Gasteiger partial charge in [0.25, 0.3) is 0 Å². The molecule has 1 heterocycles. The number of hydrogen-bond donors (Lipinski definition) is 1. The minimum atomic E-state index is 0.00654. The molecule has 5 heteroatoms. The van der Waals surface area contributed by atoms with Crippen LogP contribution in [0.25, 0.3) is 11.1 Å². The van der Waals surface area contributed by atoms with E-state index in [1.165, 1.54) is 0 Å². The second-order valence-corrected chi connectivity index (χ2v) is 3.87. The number of aromatic nitrogens is 1. The number of oxazole rings is 1. The van der Waals surface area contributed by atoms with Gasteiger partial charge in [0.15, 0.2) is 11.5 Å². The van der Waals surface area contributed by atoms with Crippen LogP contribution in [0.15, 0.2) is 22.6 Å². The number of anilines is 1. The molecule has 0 radical (unpaired) electrons. The van der Waals surface area contributed by atoms with E-state index >= 15 is 0 Å². The molecule has 0 spiro atoms. The molecule has 90 valence electrons. The lowest BCUT2D eigenvalue weighted by molar-refractivity contribution is -0.117. The summed E-state index contributed by atoms with van der Waals surface area (Å²) in [6, 6.07) is 5.52. The van der Waals surface area contributed by atoms with Gasteiger partial charge in [-0.1, -0.05) is 0 Å². The van der Waals surface area contributed by atoms with Crippen LogP contribution in [0.3, 0.4) is 0 Å². The molecule has 2 aromatic rings. The first-order valence-electron chi connectivity index (χ1n) is 5.40. The molecule has 0 aliphatic carbocycles. The second-order valence-electron chi connectivity index (χ2n) is 3.87. The number of aryl methyl sites for hydroxylation is 1. The topological polar surface area (TPSA) is 58.4 Å². The molecular formula is C12H15N3O2. The highest BCUT2D eigenvalue weighted by Gasteiger charge is 2.11. The van der Waals surface area contributed by atoms with Gasteiger partial charge in [-0.25, -0.2) is 4.98 Å². The number of hydrogen-bond acceptors (Lipinski definition) is 4. The molecular weight excluding hydrogens is 218 g/mol. The van der Waals surface area contributed by atoms with Crippen molar-refractivity contribution in [1.29, 1.82) is 0 Å². The van der Waals surface area contributed by atoms with Crippen molar-refractivity contribution in [1.82, 2.24) is 10.3 Å². The zero-order valence-electron chi connectivity index (χ0n) is 10.2. The van der Waals surface area contributed by atoms with Crippen molar-refractivity contribution in [3.63, 3.8) is 0 Å². The monoisotopic (exact) mass is 233 g/mol. The Morgan fingerprint density at radius 3 is 3.00 bits per heavy atom. The Labute approximate surface area is 99.4 Å². The van der Waals surface area contributed by atoms with Crippen molar-refractivity contribution in [3.05, 3.63) is 24.1 Å². The molecule has 0 bridgehead atoms. The fraction of sp³-hybridized carbons (Fsp3) is 0.333. The molecule has 0 fully saturated rings. The number of fused-ring (bicyclic) bond motifs is 1. The summed E-state index contributed by atoms with van der Waals surface area (Å²) >= 11 is 0. The van der Waals surface area contributed by atoms with Crippen LogP contribution in [-0.2, 0) is 4.79 Å². The van der Waals surface area contributed by atoms with E-state index in [-0.39, 0.29) is 5.91 Å². The van der Waals surface area contributed by atoms with Crippen molar-refractivity contribution in [2.75, 3.05) is 25.5 Å². The van der Waals surface area contributed by atoms with E-state index in [1.807, 2.05) is 18.2 Å². The number of rotatable bonds is 3. The van der Waals surface area contributed by atoms with Crippen molar-refractivity contribution < 1.29 is 9.21 Å². The number of carbonyl (C=O) groups excluding carboxylic acids is 1. The summed E-state index contributed by atoms with van der Waals surface area (Å²) in [4.78, 5) is 17.5. The number of nitrogens with one attached hydrogen (secondary N) is 1. The summed E-state index contributed by atoms with van der Waals surface area (Å²) < 4.78 is 5.38. The SMILES string of the molecule is CNCC(=O)N(C)c1ccc2oc(C)nc2c1. The smallest absolute Gasteiger partial charge is 0.240 e. The predicted molar refractivity (Wildman–Crippen MR) is 66.1 cm³/mol. The Hall–Kier alpha value is -1.88. The van der Waals surface area contributed by atoms with Crippen LogP contribution in [-0.4, -0.2) is 31.5 Å². The maximum atomic E-state index is 11.7. The third-order valence-electron chi connectivity index (χ3n) is 2.57. The molecule has 1 aromatic carbocycles. The van der Waals surface area contributed by atoms with Gasteiger partial charge in [0, 0.05) is 19.7 Å². The van der Waals surface area contributed by atoms with Gasteiger partial charge in [-0.15, -0.1) is 0 Å². The Bertz CT molecular complexity index is 548. The Morgan fingerprint density at radius 2 is 2.29 bits per heavy atom. The number of nitrogens with zero attached hydrogens (tertiary/aromatic N) is 2. The van der Waals surface area contributed by atoms with Gasteiger partial charge in [0.2, 0.25) is 5.91 Å². The molecule has 1 N–H and O–H groups in total. The Balaban J connectivity index is 2.32. The first-order chi connectivity index (χ1) is 8.11. The summed E-state index contributed by atoms with van der Waals surface area (Å²) in [6.07, 6.45) is 0. The molecule has 1 aromatic heterocycles. The third kappa shape index (κ3) is 2.29. The zero-order chi connectivity index (χ0) is 12.4. The maximum absolute atomic E-state index is 11.7. The van der Waals surface area contributed by atoms with E-state index < -0.39 is 0 Å². The molecule has 1 amide bonds. The van der Waals surface area contributed by atoms with Crippen molar-refractivity contribution in [2.24, 2.45) is 0 Å². The lowest BCUT2D eigenvalue weighted by atomic mass is 10.2. The van der Waals surface area contributed by atoms with Gasteiger partial charge < -0.3 is 14.6 Å². The normalized spacial score (nSPS) is 10.8. The summed E-state index contributed by atoms with van der Waals surface area (Å²) in [7, 11) is 3.49. The lowest BCUT2D eigenvalue weighted by Gasteiger charge is -2.16.